The average Bonchev–Trinajstić information content (AvgIpc) is 2.49. The minimum Gasteiger partial charge on any atom is -0.330 e. The molecule has 0 unspecified atom stereocenters. The maximum absolute atomic E-state index is 5.55. The Kier molecular flexibility index (Phi) is 5.00. The highest BCUT2D eigenvalue weighted by Crippen LogP contribution is 2.16. The summed E-state index contributed by atoms with van der Waals surface area (Å²) in [6, 6.07) is 0. The van der Waals surface area contributed by atoms with E-state index in [0.717, 1.165) is 31.8 Å². The molecule has 0 fully saturated rings. The minimum absolute atomic E-state index is 0.733. The van der Waals surface area contributed by atoms with Gasteiger partial charge in [0, 0.05) is 12.2 Å². The predicted molar refractivity (Wildman–Crippen MR) is 68.5 cm³/mol. The largest absolute Gasteiger partial charge is 0.330 e. The third kappa shape index (κ3) is 3.34. The number of aromatic nitrogens is 2. The molecule has 3 nitrogen and oxygen atoms in total. The topological polar surface area (TPSA) is 43.8 Å². The van der Waals surface area contributed by atoms with Gasteiger partial charge in [0.25, 0.3) is 0 Å². The zero-order valence-electron chi connectivity index (χ0n) is 11.1. The van der Waals surface area contributed by atoms with Gasteiger partial charge in [0.2, 0.25) is 0 Å². The lowest BCUT2D eigenvalue weighted by Gasteiger charge is -2.07. The van der Waals surface area contributed by atoms with E-state index in [1.165, 1.54) is 23.4 Å². The quantitative estimate of drug-likeness (QED) is 0.805. The van der Waals surface area contributed by atoms with Crippen molar-refractivity contribution >= 4 is 0 Å². The van der Waals surface area contributed by atoms with Crippen LogP contribution in [0.25, 0.3) is 0 Å². The monoisotopic (exact) mass is 223 g/mol. The second kappa shape index (κ2) is 6.04. The third-order valence-electron chi connectivity index (χ3n) is 3.08. The van der Waals surface area contributed by atoms with E-state index in [1.807, 2.05) is 0 Å². The Balaban J connectivity index is 2.72. The van der Waals surface area contributed by atoms with Crippen molar-refractivity contribution in [2.75, 3.05) is 6.54 Å². The highest BCUT2D eigenvalue weighted by Gasteiger charge is 2.10. The van der Waals surface area contributed by atoms with Crippen LogP contribution in [0.3, 0.4) is 0 Å². The lowest BCUT2D eigenvalue weighted by Crippen LogP contribution is -2.06. The van der Waals surface area contributed by atoms with Crippen LogP contribution in [-0.4, -0.2) is 16.3 Å². The van der Waals surface area contributed by atoms with Crippen molar-refractivity contribution in [2.45, 2.75) is 53.5 Å². The molecule has 1 aromatic rings. The standard InChI is InChI=1S/C13H25N3/c1-10(2)7-9-16-12(4)13(6-5-8-14)11(3)15-16/h10H,5-9,14H2,1-4H3. The number of hydrogen-bond acceptors (Lipinski definition) is 2. The first-order valence-electron chi connectivity index (χ1n) is 6.29. The summed E-state index contributed by atoms with van der Waals surface area (Å²) in [7, 11) is 0. The van der Waals surface area contributed by atoms with Crippen LogP contribution in [0.1, 0.15) is 43.6 Å². The summed E-state index contributed by atoms with van der Waals surface area (Å²) in [6.07, 6.45) is 3.31. The molecule has 0 aliphatic carbocycles. The maximum Gasteiger partial charge on any atom is 0.0628 e. The summed E-state index contributed by atoms with van der Waals surface area (Å²) in [5.74, 6) is 0.733. The van der Waals surface area contributed by atoms with Gasteiger partial charge < -0.3 is 5.73 Å². The van der Waals surface area contributed by atoms with Gasteiger partial charge in [-0.25, -0.2) is 0 Å². The van der Waals surface area contributed by atoms with Gasteiger partial charge in [-0.3, -0.25) is 4.68 Å². The van der Waals surface area contributed by atoms with Crippen LogP contribution in [0.15, 0.2) is 0 Å². The number of aryl methyl sites for hydroxylation is 2. The van der Waals surface area contributed by atoms with Crippen LogP contribution in [-0.2, 0) is 13.0 Å². The molecule has 1 rings (SSSR count). The van der Waals surface area contributed by atoms with Crippen LogP contribution in [0.4, 0.5) is 0 Å². The van der Waals surface area contributed by atoms with E-state index in [0.29, 0.717) is 0 Å². The first-order valence-corrected chi connectivity index (χ1v) is 6.29. The molecule has 0 saturated carbocycles. The summed E-state index contributed by atoms with van der Waals surface area (Å²) in [5, 5.41) is 4.61. The summed E-state index contributed by atoms with van der Waals surface area (Å²) in [5.41, 5.74) is 9.45. The Labute approximate surface area is 99.0 Å². The fraction of sp³-hybridized carbons (Fsp3) is 0.769. The molecular formula is C13H25N3. The highest BCUT2D eigenvalue weighted by atomic mass is 15.3. The SMILES string of the molecule is Cc1nn(CCC(C)C)c(C)c1CCCN. The van der Waals surface area contributed by atoms with Crippen LogP contribution in [0.2, 0.25) is 0 Å². The Bertz CT molecular complexity index is 326. The smallest absolute Gasteiger partial charge is 0.0628 e. The van der Waals surface area contributed by atoms with Crippen molar-refractivity contribution in [1.82, 2.24) is 9.78 Å². The Morgan fingerprint density at radius 2 is 2.00 bits per heavy atom. The van der Waals surface area contributed by atoms with Gasteiger partial charge >= 0.3 is 0 Å². The number of nitrogens with two attached hydrogens (primary N) is 1. The fourth-order valence-corrected chi connectivity index (χ4v) is 1.97. The molecular weight excluding hydrogens is 198 g/mol. The van der Waals surface area contributed by atoms with Gasteiger partial charge in [-0.1, -0.05) is 13.8 Å². The molecule has 1 aromatic heterocycles. The molecule has 0 aromatic carbocycles. The van der Waals surface area contributed by atoms with E-state index in [1.54, 1.807) is 0 Å². The van der Waals surface area contributed by atoms with E-state index in [2.05, 4.69) is 37.5 Å². The highest BCUT2D eigenvalue weighted by molar-refractivity contribution is 5.24. The van der Waals surface area contributed by atoms with Crippen molar-refractivity contribution in [3.8, 4) is 0 Å². The maximum atomic E-state index is 5.55. The normalized spacial score (nSPS) is 11.4. The van der Waals surface area contributed by atoms with E-state index in [4.69, 9.17) is 5.73 Å². The summed E-state index contributed by atoms with van der Waals surface area (Å²) in [6.45, 7) is 10.6. The van der Waals surface area contributed by atoms with Crippen molar-refractivity contribution in [1.29, 1.82) is 0 Å². The van der Waals surface area contributed by atoms with Gasteiger partial charge in [-0.15, -0.1) is 0 Å². The lowest BCUT2D eigenvalue weighted by molar-refractivity contribution is 0.478. The Hall–Kier alpha value is -0.830. The molecule has 3 heteroatoms. The summed E-state index contributed by atoms with van der Waals surface area (Å²) < 4.78 is 2.15. The van der Waals surface area contributed by atoms with Gasteiger partial charge in [0.15, 0.2) is 0 Å². The van der Waals surface area contributed by atoms with Crippen LogP contribution in [0.5, 0.6) is 0 Å². The molecule has 16 heavy (non-hydrogen) atoms. The van der Waals surface area contributed by atoms with Crippen LogP contribution < -0.4 is 5.73 Å². The van der Waals surface area contributed by atoms with Crippen molar-refractivity contribution in [3.63, 3.8) is 0 Å². The second-order valence-electron chi connectivity index (χ2n) is 4.95. The zero-order chi connectivity index (χ0) is 12.1. The third-order valence-corrected chi connectivity index (χ3v) is 3.08. The van der Waals surface area contributed by atoms with E-state index >= 15 is 0 Å². The second-order valence-corrected chi connectivity index (χ2v) is 4.95. The molecule has 1 heterocycles. The molecule has 0 aliphatic heterocycles. The molecule has 0 spiro atoms. The molecule has 0 radical (unpaired) electrons. The first kappa shape index (κ1) is 13.2. The molecule has 2 N–H and O–H groups in total. The van der Waals surface area contributed by atoms with Crippen molar-refractivity contribution < 1.29 is 0 Å². The molecule has 0 atom stereocenters. The number of hydrogen-bond donors (Lipinski definition) is 1. The predicted octanol–water partition coefficient (Wildman–Crippen LogP) is 2.44. The fourth-order valence-electron chi connectivity index (χ4n) is 1.97. The van der Waals surface area contributed by atoms with Crippen LogP contribution in [0, 0.1) is 19.8 Å². The van der Waals surface area contributed by atoms with Gasteiger partial charge in [-0.2, -0.15) is 5.10 Å². The van der Waals surface area contributed by atoms with Gasteiger partial charge in [0.1, 0.15) is 0 Å². The molecule has 0 bridgehead atoms. The van der Waals surface area contributed by atoms with Crippen molar-refractivity contribution in [3.05, 3.63) is 17.0 Å². The summed E-state index contributed by atoms with van der Waals surface area (Å²) >= 11 is 0. The van der Waals surface area contributed by atoms with Crippen molar-refractivity contribution in [2.24, 2.45) is 11.7 Å². The van der Waals surface area contributed by atoms with Gasteiger partial charge in [0.05, 0.1) is 5.69 Å². The molecule has 0 saturated heterocycles. The molecule has 0 amide bonds. The Morgan fingerprint density at radius 1 is 1.31 bits per heavy atom. The van der Waals surface area contributed by atoms with E-state index < -0.39 is 0 Å². The van der Waals surface area contributed by atoms with E-state index in [9.17, 15) is 0 Å². The molecule has 0 aliphatic rings. The lowest BCUT2D eigenvalue weighted by atomic mass is 10.1. The first-order chi connectivity index (χ1) is 7.56. The Morgan fingerprint density at radius 3 is 2.56 bits per heavy atom. The van der Waals surface area contributed by atoms with Crippen LogP contribution >= 0.6 is 0 Å². The summed E-state index contributed by atoms with van der Waals surface area (Å²) in [4.78, 5) is 0. The number of rotatable bonds is 6. The minimum atomic E-state index is 0.733. The molecule has 92 valence electrons. The zero-order valence-corrected chi connectivity index (χ0v) is 11.1. The number of nitrogens with zero attached hydrogens (tertiary/aromatic N) is 2. The van der Waals surface area contributed by atoms with E-state index in [-0.39, 0.29) is 0 Å². The van der Waals surface area contributed by atoms with Gasteiger partial charge in [-0.05, 0) is 51.1 Å². The average molecular weight is 223 g/mol.